The summed E-state index contributed by atoms with van der Waals surface area (Å²) in [6.07, 6.45) is 1.43. The Morgan fingerprint density at radius 2 is 1.72 bits per heavy atom. The number of carbonyl (C=O) groups is 1. The molecule has 1 N–H and O–H groups in total. The first-order chi connectivity index (χ1) is 15.5. The van der Waals surface area contributed by atoms with Gasteiger partial charge in [-0.3, -0.25) is 4.79 Å². The highest BCUT2D eigenvalue weighted by molar-refractivity contribution is 7.99. The summed E-state index contributed by atoms with van der Waals surface area (Å²) in [5.74, 6) is -0.114. The molecular weight excluding hydrogens is 487 g/mol. The predicted octanol–water partition coefficient (Wildman–Crippen LogP) is 6.29. The summed E-state index contributed by atoms with van der Waals surface area (Å²) >= 11 is 19.6. The number of imidazole rings is 1. The molecule has 0 unspecified atom stereocenters. The van der Waals surface area contributed by atoms with E-state index in [4.69, 9.17) is 39.8 Å². The minimum atomic E-state index is -0.264. The van der Waals surface area contributed by atoms with Gasteiger partial charge in [0.05, 0.1) is 39.6 Å². The second-order valence-electron chi connectivity index (χ2n) is 6.81. The van der Waals surface area contributed by atoms with Crippen molar-refractivity contribution in [2.75, 3.05) is 5.75 Å². The number of thioether (sulfide) groups is 1. The fraction of sp³-hybridized carbons (Fsp3) is 0.0870. The van der Waals surface area contributed by atoms with E-state index in [0.717, 1.165) is 21.8 Å². The number of fused-ring (bicyclic) bond motifs is 1. The van der Waals surface area contributed by atoms with Crippen molar-refractivity contribution in [1.82, 2.24) is 15.0 Å². The van der Waals surface area contributed by atoms with Gasteiger partial charge in [-0.15, -0.1) is 0 Å². The number of hydrazone groups is 1. The normalized spacial score (nSPS) is 11.3. The van der Waals surface area contributed by atoms with Gasteiger partial charge in [-0.25, -0.2) is 10.4 Å². The van der Waals surface area contributed by atoms with E-state index >= 15 is 0 Å². The highest BCUT2D eigenvalue weighted by atomic mass is 35.5. The molecule has 1 heterocycles. The SMILES string of the molecule is O=C(CSc1nc2ccccc2n1Cc1ccc(Cl)cc1)N/N=C/c1c(Cl)cccc1Cl. The van der Waals surface area contributed by atoms with Gasteiger partial charge in [-0.1, -0.05) is 76.9 Å². The fourth-order valence-corrected chi connectivity index (χ4v) is 4.48. The van der Waals surface area contributed by atoms with Gasteiger partial charge in [0.25, 0.3) is 5.91 Å². The van der Waals surface area contributed by atoms with Crippen LogP contribution in [0.15, 0.2) is 77.0 Å². The average Bonchev–Trinajstić information content (AvgIpc) is 3.13. The first-order valence-electron chi connectivity index (χ1n) is 9.59. The van der Waals surface area contributed by atoms with Gasteiger partial charge in [-0.05, 0) is 42.0 Å². The standard InChI is InChI=1S/C23H17Cl3N4OS/c24-16-10-8-15(9-11-16)13-30-21-7-2-1-6-20(21)28-23(30)32-14-22(31)29-27-12-17-18(25)4-3-5-19(17)26/h1-12H,13-14H2,(H,29,31)/b27-12+. The Morgan fingerprint density at radius 3 is 2.47 bits per heavy atom. The largest absolute Gasteiger partial charge is 0.314 e. The van der Waals surface area contributed by atoms with Crippen molar-refractivity contribution in [2.24, 2.45) is 5.10 Å². The van der Waals surface area contributed by atoms with Crippen LogP contribution in [0.1, 0.15) is 11.1 Å². The smallest absolute Gasteiger partial charge is 0.250 e. The summed E-state index contributed by atoms with van der Waals surface area (Å²) in [6, 6.07) is 20.7. The van der Waals surface area contributed by atoms with Gasteiger partial charge in [0.1, 0.15) is 0 Å². The van der Waals surface area contributed by atoms with Gasteiger partial charge in [-0.2, -0.15) is 5.10 Å². The summed E-state index contributed by atoms with van der Waals surface area (Å²) in [6.45, 7) is 0.616. The Hall–Kier alpha value is -2.51. The maximum absolute atomic E-state index is 12.3. The van der Waals surface area contributed by atoms with Crippen LogP contribution in [0.5, 0.6) is 0 Å². The molecule has 5 nitrogen and oxygen atoms in total. The van der Waals surface area contributed by atoms with Gasteiger partial charge >= 0.3 is 0 Å². The molecule has 3 aromatic carbocycles. The van der Waals surface area contributed by atoms with E-state index in [-0.39, 0.29) is 11.7 Å². The molecule has 1 aromatic heterocycles. The zero-order valence-electron chi connectivity index (χ0n) is 16.6. The first-order valence-corrected chi connectivity index (χ1v) is 11.7. The summed E-state index contributed by atoms with van der Waals surface area (Å²) in [5, 5.41) is 6.32. The second-order valence-corrected chi connectivity index (χ2v) is 9.01. The molecule has 32 heavy (non-hydrogen) atoms. The lowest BCUT2D eigenvalue weighted by molar-refractivity contribution is -0.118. The molecule has 0 radical (unpaired) electrons. The number of hydrogen-bond acceptors (Lipinski definition) is 4. The van der Waals surface area contributed by atoms with E-state index < -0.39 is 0 Å². The van der Waals surface area contributed by atoms with Crippen molar-refractivity contribution in [2.45, 2.75) is 11.7 Å². The summed E-state index contributed by atoms with van der Waals surface area (Å²) < 4.78 is 2.09. The summed E-state index contributed by atoms with van der Waals surface area (Å²) in [7, 11) is 0. The topological polar surface area (TPSA) is 59.3 Å². The van der Waals surface area contributed by atoms with Crippen LogP contribution >= 0.6 is 46.6 Å². The fourth-order valence-electron chi connectivity index (χ4n) is 3.05. The third-order valence-corrected chi connectivity index (χ3v) is 6.48. The number of benzene rings is 3. The van der Waals surface area contributed by atoms with E-state index in [1.54, 1.807) is 18.2 Å². The van der Waals surface area contributed by atoms with Crippen molar-refractivity contribution < 1.29 is 4.79 Å². The van der Waals surface area contributed by atoms with Crippen LogP contribution < -0.4 is 5.43 Å². The molecule has 4 rings (SSSR count). The number of amides is 1. The summed E-state index contributed by atoms with van der Waals surface area (Å²) in [5.41, 5.74) is 6.01. The molecule has 0 bridgehead atoms. The van der Waals surface area contributed by atoms with Crippen LogP contribution in [0.4, 0.5) is 0 Å². The Labute approximate surface area is 204 Å². The highest BCUT2D eigenvalue weighted by Gasteiger charge is 2.13. The van der Waals surface area contributed by atoms with Crippen LogP contribution in [0, 0.1) is 0 Å². The highest BCUT2D eigenvalue weighted by Crippen LogP contribution is 2.26. The lowest BCUT2D eigenvalue weighted by atomic mass is 10.2. The zero-order valence-corrected chi connectivity index (χ0v) is 19.7. The molecule has 0 spiro atoms. The quantitative estimate of drug-likeness (QED) is 0.183. The maximum Gasteiger partial charge on any atom is 0.250 e. The predicted molar refractivity (Wildman–Crippen MR) is 133 cm³/mol. The minimum absolute atomic E-state index is 0.150. The van der Waals surface area contributed by atoms with Crippen LogP contribution in [-0.4, -0.2) is 27.4 Å². The Balaban J connectivity index is 1.46. The molecule has 0 atom stereocenters. The number of halogens is 3. The zero-order chi connectivity index (χ0) is 22.5. The third-order valence-electron chi connectivity index (χ3n) is 4.59. The van der Waals surface area contributed by atoms with E-state index in [2.05, 4.69) is 15.1 Å². The Bertz CT molecular complexity index is 1270. The van der Waals surface area contributed by atoms with Crippen LogP contribution in [0.2, 0.25) is 15.1 Å². The molecule has 0 saturated carbocycles. The van der Waals surface area contributed by atoms with E-state index in [9.17, 15) is 4.79 Å². The third kappa shape index (κ3) is 5.45. The molecule has 0 fully saturated rings. The van der Waals surface area contributed by atoms with E-state index in [1.807, 2.05) is 48.5 Å². The molecule has 162 valence electrons. The maximum atomic E-state index is 12.3. The number of aromatic nitrogens is 2. The van der Waals surface area contributed by atoms with Crippen LogP contribution in [-0.2, 0) is 11.3 Å². The lowest BCUT2D eigenvalue weighted by Crippen LogP contribution is -2.20. The van der Waals surface area contributed by atoms with Crippen LogP contribution in [0.25, 0.3) is 11.0 Å². The van der Waals surface area contributed by atoms with Gasteiger partial charge in [0.2, 0.25) is 0 Å². The van der Waals surface area contributed by atoms with Crippen molar-refractivity contribution in [1.29, 1.82) is 0 Å². The molecule has 0 aliphatic heterocycles. The molecule has 0 saturated heterocycles. The Morgan fingerprint density at radius 1 is 1.00 bits per heavy atom. The van der Waals surface area contributed by atoms with E-state index in [0.29, 0.717) is 27.2 Å². The molecule has 1 amide bonds. The first kappa shape index (κ1) is 22.7. The molecule has 9 heteroatoms. The van der Waals surface area contributed by atoms with E-state index in [1.165, 1.54) is 18.0 Å². The van der Waals surface area contributed by atoms with Crippen molar-refractivity contribution in [3.8, 4) is 0 Å². The molecule has 4 aromatic rings. The number of hydrogen-bond donors (Lipinski definition) is 1. The average molecular weight is 504 g/mol. The number of para-hydroxylation sites is 2. The van der Waals surface area contributed by atoms with Gasteiger partial charge in [0, 0.05) is 10.6 Å². The minimum Gasteiger partial charge on any atom is -0.314 e. The summed E-state index contributed by atoms with van der Waals surface area (Å²) in [4.78, 5) is 17.0. The second kappa shape index (κ2) is 10.4. The lowest BCUT2D eigenvalue weighted by Gasteiger charge is -2.09. The Kier molecular flexibility index (Phi) is 7.37. The van der Waals surface area contributed by atoms with Crippen molar-refractivity contribution in [3.63, 3.8) is 0 Å². The van der Waals surface area contributed by atoms with Gasteiger partial charge < -0.3 is 4.57 Å². The van der Waals surface area contributed by atoms with Crippen molar-refractivity contribution in [3.05, 3.63) is 92.9 Å². The van der Waals surface area contributed by atoms with Crippen LogP contribution in [0.3, 0.4) is 0 Å². The van der Waals surface area contributed by atoms with Gasteiger partial charge in [0.15, 0.2) is 5.16 Å². The number of nitrogens with one attached hydrogen (secondary N) is 1. The molecular formula is C23H17Cl3N4OS. The number of carbonyl (C=O) groups excluding carboxylic acids is 1. The molecule has 0 aliphatic carbocycles. The number of nitrogens with zero attached hydrogens (tertiary/aromatic N) is 3. The molecule has 0 aliphatic rings. The van der Waals surface area contributed by atoms with Crippen molar-refractivity contribution >= 4 is 69.7 Å². The monoisotopic (exact) mass is 502 g/mol. The number of rotatable bonds is 7.